The molecule has 70 heavy (non-hydrogen) atoms. The number of carbonyl (C=O) groups excluding carboxylic acids is 7. The van der Waals surface area contributed by atoms with E-state index in [1.165, 1.54) is 52.0 Å². The highest BCUT2D eigenvalue weighted by atomic mass is 16.6. The summed E-state index contributed by atoms with van der Waals surface area (Å²) in [5, 5.41) is 38.1. The van der Waals surface area contributed by atoms with Crippen molar-refractivity contribution in [3.63, 3.8) is 0 Å². The highest BCUT2D eigenvalue weighted by Gasteiger charge is 2.78. The molecular weight excluding hydrogens is 911 g/mol. The Balaban J connectivity index is 1.41. The number of Topliss-reactive ketones (excluding diaryl/α,β-unsaturated/α-hetero) is 1. The minimum atomic E-state index is -2.49. The molecule has 3 aliphatic carbocycles. The van der Waals surface area contributed by atoms with Crippen LogP contribution in [0.2, 0.25) is 0 Å². The number of carboxylic acid groups (broad SMARTS) is 1. The minimum Gasteiger partial charge on any atom is -0.481 e. The highest BCUT2D eigenvalue weighted by Crippen LogP contribution is 2.64. The summed E-state index contributed by atoms with van der Waals surface area (Å²) in [6, 6.07) is 22.3. The van der Waals surface area contributed by atoms with Crippen molar-refractivity contribution in [2.75, 3.05) is 6.61 Å². The molecule has 2 bridgehead atoms. The van der Waals surface area contributed by atoms with Gasteiger partial charge in [-0.15, -0.1) is 0 Å². The molecule has 3 fully saturated rings. The van der Waals surface area contributed by atoms with E-state index in [-0.39, 0.29) is 47.3 Å². The lowest BCUT2D eigenvalue weighted by Crippen LogP contribution is -2.82. The third-order valence-electron chi connectivity index (χ3n) is 14.5. The molecule has 7 rings (SSSR count). The molecule has 18 heteroatoms. The molecule has 1 saturated heterocycles. The van der Waals surface area contributed by atoms with Crippen LogP contribution >= 0.6 is 0 Å². The van der Waals surface area contributed by atoms with Gasteiger partial charge in [-0.3, -0.25) is 28.8 Å². The average molecular weight is 968 g/mol. The van der Waals surface area contributed by atoms with Crippen LogP contribution in [-0.4, -0.2) is 117 Å². The van der Waals surface area contributed by atoms with Gasteiger partial charge >= 0.3 is 35.8 Å². The lowest BCUT2D eigenvalue weighted by atomic mass is 9.44. The Kier molecular flexibility index (Phi) is 14.5. The van der Waals surface area contributed by atoms with Gasteiger partial charge in [0.05, 0.1) is 29.6 Å². The van der Waals surface area contributed by atoms with Crippen LogP contribution in [-0.2, 0) is 57.2 Å². The molecule has 0 aromatic heterocycles. The van der Waals surface area contributed by atoms with Crippen molar-refractivity contribution in [2.24, 2.45) is 16.7 Å². The van der Waals surface area contributed by atoms with Crippen molar-refractivity contribution in [2.45, 2.75) is 128 Å². The number of aliphatic hydroxyl groups is 2. The van der Waals surface area contributed by atoms with Crippen LogP contribution in [0.3, 0.4) is 0 Å². The number of nitrogens with one attached hydrogen (secondary N) is 1. The molecule has 0 spiro atoms. The average Bonchev–Trinajstić information content (AvgIpc) is 3.31. The number of aliphatic hydroxyl groups excluding tert-OH is 1. The summed E-state index contributed by atoms with van der Waals surface area (Å²) in [7, 11) is 0. The molecule has 1 aliphatic heterocycles. The van der Waals surface area contributed by atoms with Crippen LogP contribution in [0, 0.1) is 16.7 Å². The first-order chi connectivity index (χ1) is 33.1. The van der Waals surface area contributed by atoms with E-state index in [0.717, 1.165) is 13.8 Å². The van der Waals surface area contributed by atoms with Crippen LogP contribution in [0.25, 0.3) is 0 Å². The Hall–Kier alpha value is -6.76. The summed E-state index contributed by atoms with van der Waals surface area (Å²) in [6.45, 7) is 7.73. The number of hydrogen-bond donors (Lipinski definition) is 4. The molecule has 3 aromatic rings. The maximum Gasteiger partial charge on any atom is 0.350 e. The second-order valence-electron chi connectivity index (χ2n) is 19.1. The molecule has 1 amide bonds. The van der Waals surface area contributed by atoms with Crippen LogP contribution < -0.4 is 5.32 Å². The second kappa shape index (κ2) is 19.9. The number of carboxylic acids is 1. The number of ether oxygens (including phenoxy) is 6. The number of esters is 5. The van der Waals surface area contributed by atoms with Gasteiger partial charge < -0.3 is 49.1 Å². The maximum atomic E-state index is 15.7. The van der Waals surface area contributed by atoms with E-state index < -0.39 is 137 Å². The van der Waals surface area contributed by atoms with Gasteiger partial charge in [0.15, 0.2) is 17.5 Å². The van der Waals surface area contributed by atoms with Crippen molar-refractivity contribution >= 4 is 47.5 Å². The number of amides is 1. The quantitative estimate of drug-likeness (QED) is 0.0925. The maximum absolute atomic E-state index is 15.7. The van der Waals surface area contributed by atoms with Crippen LogP contribution in [0.5, 0.6) is 0 Å². The molecule has 2 saturated carbocycles. The number of rotatable bonds is 15. The van der Waals surface area contributed by atoms with Gasteiger partial charge in [0.25, 0.3) is 5.91 Å². The minimum absolute atomic E-state index is 0.0272. The fourth-order valence-corrected chi connectivity index (χ4v) is 10.9. The predicted molar refractivity (Wildman–Crippen MR) is 243 cm³/mol. The van der Waals surface area contributed by atoms with Crippen molar-refractivity contribution < 1.29 is 82.1 Å². The summed E-state index contributed by atoms with van der Waals surface area (Å²) in [5.74, 6) is -9.41. The zero-order valence-corrected chi connectivity index (χ0v) is 39.6. The zero-order valence-electron chi connectivity index (χ0n) is 39.6. The van der Waals surface area contributed by atoms with Gasteiger partial charge in [-0.2, -0.15) is 0 Å². The van der Waals surface area contributed by atoms with E-state index in [9.17, 15) is 44.1 Å². The van der Waals surface area contributed by atoms with Gasteiger partial charge in [-0.25, -0.2) is 9.59 Å². The molecule has 6 unspecified atom stereocenters. The third kappa shape index (κ3) is 9.34. The number of hydrogen-bond acceptors (Lipinski definition) is 16. The number of carbonyl (C=O) groups is 8. The number of ketones is 1. The molecule has 1 heterocycles. The standard InChI is InChI=1S/C52H57NO17/c1-28-34(67-48(63)42(68-38(59)24-16-23-37(57)58)40(31-17-10-7-11-18-31)53-46(61)32-19-12-8-13-20-32)26-52(64)45(69-47(62)33-21-14-9-15-22-33)43-50(6,35(56)25-36-51(43,27-65-36)70-30(3)55)44(60)41(66-29(2)54)39(28)49(52,4)5/h7-15,17-22,34-36,40-43,45,56,64H,16,23-27H2,1-6H3,(H,53,61)(H,57,58)/t34?,35-,36?,40?,41+,42?,43?,45-,50+,51?,52+/m0/s1. The fraction of sp³-hybridized carbons (Fsp3) is 0.462. The van der Waals surface area contributed by atoms with E-state index in [1.54, 1.807) is 66.7 Å². The van der Waals surface area contributed by atoms with Crippen LogP contribution in [0.1, 0.15) is 106 Å². The summed E-state index contributed by atoms with van der Waals surface area (Å²) < 4.78 is 36.5. The Labute approximate surface area is 403 Å². The van der Waals surface area contributed by atoms with E-state index >= 15 is 9.59 Å². The van der Waals surface area contributed by atoms with Crippen molar-refractivity contribution in [1.29, 1.82) is 0 Å². The van der Waals surface area contributed by atoms with E-state index in [0.29, 0.717) is 0 Å². The van der Waals surface area contributed by atoms with Gasteiger partial charge in [0.2, 0.25) is 6.10 Å². The van der Waals surface area contributed by atoms with Gasteiger partial charge in [0, 0.05) is 50.5 Å². The summed E-state index contributed by atoms with van der Waals surface area (Å²) >= 11 is 0. The molecule has 4 N–H and O–H groups in total. The summed E-state index contributed by atoms with van der Waals surface area (Å²) in [4.78, 5) is 110. The first-order valence-corrected chi connectivity index (χ1v) is 23.0. The van der Waals surface area contributed by atoms with E-state index in [2.05, 4.69) is 5.32 Å². The summed E-state index contributed by atoms with van der Waals surface area (Å²) in [6.07, 6.45) is -12.0. The SMILES string of the molecule is CC(=O)O[C@H]1C(=O)[C@@]2(C)C([C@H](OC(=O)c3ccccc3)[C@]3(O)CC(OC(=O)C(OC(=O)CCCC(=O)O)C(NC(=O)c4ccccc4)c4ccccc4)C(C)=C1C3(C)C)C1(OC(C)=O)COC1C[C@@H]2O. The molecular formula is C52H57NO17. The van der Waals surface area contributed by atoms with Crippen LogP contribution in [0.15, 0.2) is 102 Å². The predicted octanol–water partition coefficient (Wildman–Crippen LogP) is 4.54. The normalized spacial score (nSPS) is 29.4. The van der Waals surface area contributed by atoms with Crippen molar-refractivity contribution in [3.05, 3.63) is 119 Å². The first-order valence-electron chi connectivity index (χ1n) is 23.0. The Morgan fingerprint density at radius 3 is 1.97 bits per heavy atom. The van der Waals surface area contributed by atoms with Crippen LogP contribution in [0.4, 0.5) is 0 Å². The molecule has 0 radical (unpaired) electrons. The van der Waals surface area contributed by atoms with Gasteiger partial charge in [-0.1, -0.05) is 80.6 Å². The number of fused-ring (bicyclic) bond motifs is 5. The largest absolute Gasteiger partial charge is 0.481 e. The number of benzene rings is 3. The van der Waals surface area contributed by atoms with Crippen molar-refractivity contribution in [1.82, 2.24) is 5.32 Å². The topological polar surface area (TPSA) is 265 Å². The van der Waals surface area contributed by atoms with Gasteiger partial charge in [0.1, 0.15) is 30.0 Å². The lowest BCUT2D eigenvalue weighted by molar-refractivity contribution is -0.346. The monoisotopic (exact) mass is 967 g/mol. The van der Waals surface area contributed by atoms with E-state index in [1.807, 2.05) is 0 Å². The molecule has 18 nitrogen and oxygen atoms in total. The number of aliphatic carboxylic acids is 1. The Morgan fingerprint density at radius 2 is 1.41 bits per heavy atom. The highest BCUT2D eigenvalue weighted by molar-refractivity contribution is 5.96. The van der Waals surface area contributed by atoms with E-state index in [4.69, 9.17) is 28.4 Å². The molecule has 3 aromatic carbocycles. The first kappa shape index (κ1) is 51.1. The lowest BCUT2D eigenvalue weighted by Gasteiger charge is -2.67. The second-order valence-corrected chi connectivity index (χ2v) is 19.1. The summed E-state index contributed by atoms with van der Waals surface area (Å²) in [5.41, 5.74) is -7.67. The zero-order chi connectivity index (χ0) is 50.9. The molecule has 11 atom stereocenters. The van der Waals surface area contributed by atoms with Gasteiger partial charge in [-0.05, 0) is 61.2 Å². The van der Waals surface area contributed by atoms with Crippen molar-refractivity contribution in [3.8, 4) is 0 Å². The fourth-order valence-electron chi connectivity index (χ4n) is 10.9. The third-order valence-corrected chi connectivity index (χ3v) is 14.5. The Morgan fingerprint density at radius 1 is 0.814 bits per heavy atom. The molecule has 372 valence electrons. The molecule has 4 aliphatic rings. The Bertz CT molecular complexity index is 2560. The smallest absolute Gasteiger partial charge is 0.350 e.